The van der Waals surface area contributed by atoms with Crippen LogP contribution in [0.15, 0.2) is 42.0 Å². The van der Waals surface area contributed by atoms with E-state index in [9.17, 15) is 4.79 Å². The van der Waals surface area contributed by atoms with E-state index >= 15 is 0 Å². The summed E-state index contributed by atoms with van der Waals surface area (Å²) in [7, 11) is 1.84. The SMILES string of the molecule is Cc1ncsc1C(=O)N[C@@H](c1ccc(Cl)cc1)c1ccn(C)n1. The summed E-state index contributed by atoms with van der Waals surface area (Å²) < 4.78 is 1.71. The molecule has 5 nitrogen and oxygen atoms in total. The topological polar surface area (TPSA) is 59.8 Å². The first-order chi connectivity index (χ1) is 11.0. The highest BCUT2D eigenvalue weighted by molar-refractivity contribution is 7.11. The molecule has 1 amide bonds. The summed E-state index contributed by atoms with van der Waals surface area (Å²) in [6, 6.07) is 8.93. The third-order valence-electron chi connectivity index (χ3n) is 3.46. The molecule has 0 radical (unpaired) electrons. The summed E-state index contributed by atoms with van der Waals surface area (Å²) >= 11 is 7.29. The first-order valence-electron chi connectivity index (χ1n) is 7.00. The van der Waals surface area contributed by atoms with Gasteiger partial charge < -0.3 is 5.32 Å². The molecule has 1 aromatic carbocycles. The van der Waals surface area contributed by atoms with Crippen LogP contribution in [0.1, 0.15) is 32.7 Å². The van der Waals surface area contributed by atoms with E-state index < -0.39 is 0 Å². The van der Waals surface area contributed by atoms with E-state index in [0.29, 0.717) is 9.90 Å². The summed E-state index contributed by atoms with van der Waals surface area (Å²) in [4.78, 5) is 17.3. The van der Waals surface area contributed by atoms with Crippen molar-refractivity contribution >= 4 is 28.8 Å². The summed E-state index contributed by atoms with van der Waals surface area (Å²) in [5.74, 6) is -0.157. The predicted octanol–water partition coefficient (Wildman–Crippen LogP) is 3.36. The average molecular weight is 347 g/mol. The summed E-state index contributed by atoms with van der Waals surface area (Å²) in [6.07, 6.45) is 1.85. The zero-order chi connectivity index (χ0) is 16.4. The van der Waals surface area contributed by atoms with E-state index in [2.05, 4.69) is 15.4 Å². The lowest BCUT2D eigenvalue weighted by Crippen LogP contribution is -2.29. The number of aromatic nitrogens is 3. The third-order valence-corrected chi connectivity index (χ3v) is 4.64. The number of carbonyl (C=O) groups excluding carboxylic acids is 1. The van der Waals surface area contributed by atoms with Crippen molar-refractivity contribution in [3.63, 3.8) is 0 Å². The van der Waals surface area contributed by atoms with E-state index in [4.69, 9.17) is 11.6 Å². The number of thiazole rings is 1. The molecule has 0 unspecified atom stereocenters. The molecule has 0 aliphatic carbocycles. The molecule has 0 aliphatic heterocycles. The van der Waals surface area contributed by atoms with Gasteiger partial charge in [0.15, 0.2) is 0 Å². The Bertz CT molecular complexity index is 825. The molecule has 3 aromatic rings. The predicted molar refractivity (Wildman–Crippen MR) is 90.8 cm³/mol. The number of nitrogens with one attached hydrogen (secondary N) is 1. The van der Waals surface area contributed by atoms with Gasteiger partial charge in [-0.25, -0.2) is 4.98 Å². The number of carbonyl (C=O) groups is 1. The quantitative estimate of drug-likeness (QED) is 0.788. The molecular formula is C16H15ClN4OS. The van der Waals surface area contributed by atoms with Crippen LogP contribution in [0.4, 0.5) is 0 Å². The third kappa shape index (κ3) is 3.43. The second-order valence-electron chi connectivity index (χ2n) is 5.14. The molecule has 2 heterocycles. The van der Waals surface area contributed by atoms with Crippen molar-refractivity contribution in [2.75, 3.05) is 0 Å². The molecule has 23 heavy (non-hydrogen) atoms. The molecule has 1 N–H and O–H groups in total. The molecule has 0 spiro atoms. The second-order valence-corrected chi connectivity index (χ2v) is 6.43. The van der Waals surface area contributed by atoms with Crippen LogP contribution in [0, 0.1) is 6.92 Å². The minimum atomic E-state index is -0.345. The van der Waals surface area contributed by atoms with Crippen molar-refractivity contribution in [1.82, 2.24) is 20.1 Å². The van der Waals surface area contributed by atoms with Crippen LogP contribution in [0.3, 0.4) is 0 Å². The molecule has 1 atom stereocenters. The number of rotatable bonds is 4. The van der Waals surface area contributed by atoms with Crippen molar-refractivity contribution in [3.05, 3.63) is 68.9 Å². The number of nitrogens with zero attached hydrogens (tertiary/aromatic N) is 3. The largest absolute Gasteiger partial charge is 0.339 e. The van der Waals surface area contributed by atoms with E-state index in [1.165, 1.54) is 11.3 Å². The van der Waals surface area contributed by atoms with Gasteiger partial charge in [0.1, 0.15) is 4.88 Å². The highest BCUT2D eigenvalue weighted by Crippen LogP contribution is 2.24. The lowest BCUT2D eigenvalue weighted by atomic mass is 10.0. The number of benzene rings is 1. The summed E-state index contributed by atoms with van der Waals surface area (Å²) in [6.45, 7) is 1.82. The number of hydrogen-bond donors (Lipinski definition) is 1. The maximum Gasteiger partial charge on any atom is 0.264 e. The summed E-state index contributed by atoms with van der Waals surface area (Å²) in [5.41, 5.74) is 4.08. The Morgan fingerprint density at radius 3 is 2.61 bits per heavy atom. The van der Waals surface area contributed by atoms with Gasteiger partial charge in [0.2, 0.25) is 0 Å². The van der Waals surface area contributed by atoms with Gasteiger partial charge in [0.05, 0.1) is 22.9 Å². The van der Waals surface area contributed by atoms with Crippen LogP contribution in [0.25, 0.3) is 0 Å². The Kier molecular flexibility index (Phi) is 4.45. The van der Waals surface area contributed by atoms with Gasteiger partial charge in [0.25, 0.3) is 5.91 Å². The molecule has 3 rings (SSSR count). The second kappa shape index (κ2) is 6.52. The summed E-state index contributed by atoms with van der Waals surface area (Å²) in [5, 5.41) is 8.11. The van der Waals surface area contributed by atoms with Crippen molar-refractivity contribution in [1.29, 1.82) is 0 Å². The fourth-order valence-electron chi connectivity index (χ4n) is 2.29. The molecule has 0 saturated carbocycles. The molecule has 0 fully saturated rings. The first-order valence-corrected chi connectivity index (χ1v) is 8.26. The van der Waals surface area contributed by atoms with Crippen LogP contribution in [-0.4, -0.2) is 20.7 Å². The first kappa shape index (κ1) is 15.7. The van der Waals surface area contributed by atoms with Crippen molar-refractivity contribution in [3.8, 4) is 0 Å². The van der Waals surface area contributed by atoms with Crippen LogP contribution in [0.2, 0.25) is 5.02 Å². The van der Waals surface area contributed by atoms with Gasteiger partial charge >= 0.3 is 0 Å². The molecule has 118 valence electrons. The maximum absolute atomic E-state index is 12.6. The highest BCUT2D eigenvalue weighted by Gasteiger charge is 2.22. The zero-order valence-electron chi connectivity index (χ0n) is 12.7. The van der Waals surface area contributed by atoms with Gasteiger partial charge in [-0.05, 0) is 30.7 Å². The molecule has 7 heteroatoms. The highest BCUT2D eigenvalue weighted by atomic mass is 35.5. The van der Waals surface area contributed by atoms with Crippen molar-refractivity contribution in [2.24, 2.45) is 7.05 Å². The Morgan fingerprint density at radius 1 is 1.30 bits per heavy atom. The van der Waals surface area contributed by atoms with Crippen LogP contribution >= 0.6 is 22.9 Å². The average Bonchev–Trinajstić information content (AvgIpc) is 3.14. The minimum absolute atomic E-state index is 0.157. The smallest absolute Gasteiger partial charge is 0.264 e. The maximum atomic E-state index is 12.6. The Morgan fingerprint density at radius 2 is 2.04 bits per heavy atom. The van der Waals surface area contributed by atoms with Crippen molar-refractivity contribution in [2.45, 2.75) is 13.0 Å². The number of amides is 1. The van der Waals surface area contributed by atoms with Crippen molar-refractivity contribution < 1.29 is 4.79 Å². The molecular weight excluding hydrogens is 332 g/mol. The number of hydrogen-bond acceptors (Lipinski definition) is 4. The monoisotopic (exact) mass is 346 g/mol. The molecule has 0 bridgehead atoms. The van der Waals surface area contributed by atoms with Crippen LogP contribution in [0.5, 0.6) is 0 Å². The lowest BCUT2D eigenvalue weighted by Gasteiger charge is -2.17. The lowest BCUT2D eigenvalue weighted by molar-refractivity contribution is 0.0945. The van der Waals surface area contributed by atoms with Gasteiger partial charge in [-0.1, -0.05) is 23.7 Å². The normalized spacial score (nSPS) is 12.1. The van der Waals surface area contributed by atoms with E-state index in [1.807, 2.05) is 38.4 Å². The van der Waals surface area contributed by atoms with Gasteiger partial charge in [0, 0.05) is 18.3 Å². The number of halogens is 1. The van der Waals surface area contributed by atoms with Gasteiger partial charge in [-0.15, -0.1) is 11.3 Å². The minimum Gasteiger partial charge on any atom is -0.339 e. The van der Waals surface area contributed by atoms with Crippen LogP contribution < -0.4 is 5.32 Å². The van der Waals surface area contributed by atoms with Gasteiger partial charge in [-0.3, -0.25) is 9.48 Å². The number of aryl methyl sites for hydroxylation is 2. The van der Waals surface area contributed by atoms with Crippen LogP contribution in [-0.2, 0) is 7.05 Å². The zero-order valence-corrected chi connectivity index (χ0v) is 14.2. The standard InChI is InChI=1S/C16H15ClN4OS/c1-10-15(23-9-18-10)16(22)19-14(13-7-8-21(2)20-13)11-3-5-12(17)6-4-11/h3-9,14H,1-2H3,(H,19,22)/t14-/m0/s1. The molecule has 0 aliphatic rings. The fraction of sp³-hybridized carbons (Fsp3) is 0.188. The molecule has 0 saturated heterocycles. The van der Waals surface area contributed by atoms with E-state index in [-0.39, 0.29) is 11.9 Å². The van der Waals surface area contributed by atoms with Gasteiger partial charge in [-0.2, -0.15) is 5.10 Å². The van der Waals surface area contributed by atoms with E-state index in [1.54, 1.807) is 22.3 Å². The van der Waals surface area contributed by atoms with E-state index in [0.717, 1.165) is 17.0 Å². The fourth-order valence-corrected chi connectivity index (χ4v) is 3.12. The Balaban J connectivity index is 1.94. The Labute approximate surface area is 142 Å². The molecule has 2 aromatic heterocycles. The Hall–Kier alpha value is -2.18.